The lowest BCUT2D eigenvalue weighted by Gasteiger charge is -2.19. The molecule has 0 amide bonds. The number of hydrogen-bond acceptors (Lipinski definition) is 6. The van der Waals surface area contributed by atoms with Gasteiger partial charge in [-0.3, -0.25) is 4.68 Å². The molecule has 0 saturated carbocycles. The second-order valence-electron chi connectivity index (χ2n) is 8.26. The first-order valence-corrected chi connectivity index (χ1v) is 8.96. The molecule has 0 bridgehead atoms. The van der Waals surface area contributed by atoms with Gasteiger partial charge in [0.15, 0.2) is 0 Å². The molecule has 28 heavy (non-hydrogen) atoms. The summed E-state index contributed by atoms with van der Waals surface area (Å²) in [7, 11) is 0. The summed E-state index contributed by atoms with van der Waals surface area (Å²) in [6.45, 7) is 11.5. The van der Waals surface area contributed by atoms with Gasteiger partial charge in [0.25, 0.3) is 0 Å². The van der Waals surface area contributed by atoms with E-state index in [-0.39, 0.29) is 30.3 Å². The minimum Gasteiger partial charge on any atom is -0.389 e. The molecule has 0 saturated heterocycles. The number of aromatic nitrogens is 4. The lowest BCUT2D eigenvalue weighted by Crippen LogP contribution is -2.26. The average Bonchev–Trinajstić information content (AvgIpc) is 2.87. The van der Waals surface area contributed by atoms with Crippen LogP contribution in [0.15, 0.2) is 12.4 Å². The fourth-order valence-corrected chi connectivity index (χ4v) is 2.62. The van der Waals surface area contributed by atoms with Gasteiger partial charge in [-0.1, -0.05) is 20.8 Å². The quantitative estimate of drug-likeness (QED) is 0.681. The van der Waals surface area contributed by atoms with Crippen molar-refractivity contribution >= 4 is 17.5 Å². The molecule has 156 valence electrons. The van der Waals surface area contributed by atoms with E-state index in [9.17, 15) is 18.3 Å². The van der Waals surface area contributed by atoms with Gasteiger partial charge in [-0.05, 0) is 20.8 Å². The largest absolute Gasteiger partial charge is 0.421 e. The molecule has 2 rings (SSSR count). The monoisotopic (exact) mass is 400 g/mol. The zero-order chi connectivity index (χ0) is 21.3. The molecule has 0 aliphatic carbocycles. The van der Waals surface area contributed by atoms with Crippen LogP contribution >= 0.6 is 0 Å². The van der Waals surface area contributed by atoms with Crippen LogP contribution in [0.5, 0.6) is 0 Å². The second-order valence-corrected chi connectivity index (χ2v) is 8.26. The van der Waals surface area contributed by atoms with Crippen LogP contribution in [0, 0.1) is 0 Å². The molecule has 2 aromatic rings. The Bertz CT molecular complexity index is 818. The number of anilines is 3. The number of alkyl halides is 3. The van der Waals surface area contributed by atoms with Crippen molar-refractivity contribution in [2.45, 2.75) is 65.3 Å². The molecule has 0 aliphatic rings. The van der Waals surface area contributed by atoms with E-state index in [4.69, 9.17) is 0 Å². The van der Waals surface area contributed by atoms with Gasteiger partial charge in [0.2, 0.25) is 5.95 Å². The highest BCUT2D eigenvalue weighted by molar-refractivity contribution is 5.59. The van der Waals surface area contributed by atoms with Gasteiger partial charge in [0.1, 0.15) is 11.4 Å². The minimum absolute atomic E-state index is 0.0252. The third kappa shape index (κ3) is 5.57. The van der Waals surface area contributed by atoms with E-state index in [1.807, 2.05) is 20.8 Å². The Hall–Kier alpha value is -2.36. The smallest absolute Gasteiger partial charge is 0.389 e. The molecule has 2 heterocycles. The fraction of sp³-hybridized carbons (Fsp3) is 0.611. The van der Waals surface area contributed by atoms with E-state index in [2.05, 4.69) is 25.7 Å². The number of rotatable bonds is 6. The summed E-state index contributed by atoms with van der Waals surface area (Å²) in [5.41, 5.74) is -0.983. The zero-order valence-electron chi connectivity index (χ0n) is 16.9. The van der Waals surface area contributed by atoms with E-state index >= 15 is 0 Å². The van der Waals surface area contributed by atoms with Crippen LogP contribution in [0.3, 0.4) is 0 Å². The predicted octanol–water partition coefficient (Wildman–Crippen LogP) is 3.94. The van der Waals surface area contributed by atoms with Gasteiger partial charge in [0, 0.05) is 24.4 Å². The summed E-state index contributed by atoms with van der Waals surface area (Å²) in [5.74, 6) is -0.258. The zero-order valence-corrected chi connectivity index (χ0v) is 16.9. The summed E-state index contributed by atoms with van der Waals surface area (Å²) >= 11 is 0. The van der Waals surface area contributed by atoms with Crippen LogP contribution in [-0.4, -0.2) is 37.0 Å². The maximum atomic E-state index is 13.1. The Morgan fingerprint density at radius 3 is 2.29 bits per heavy atom. The number of hydrogen-bond donors (Lipinski definition) is 3. The van der Waals surface area contributed by atoms with Gasteiger partial charge in [-0.2, -0.15) is 23.3 Å². The predicted molar refractivity (Wildman–Crippen MR) is 102 cm³/mol. The first kappa shape index (κ1) is 21.9. The van der Waals surface area contributed by atoms with Crippen molar-refractivity contribution in [1.82, 2.24) is 19.7 Å². The van der Waals surface area contributed by atoms with Crippen molar-refractivity contribution in [1.29, 1.82) is 0 Å². The van der Waals surface area contributed by atoms with Crippen molar-refractivity contribution < 1.29 is 18.3 Å². The molecular formula is C18H27F3N6O. The fourth-order valence-electron chi connectivity index (χ4n) is 2.62. The van der Waals surface area contributed by atoms with Crippen LogP contribution in [-0.2, 0) is 18.1 Å². The minimum atomic E-state index is -4.55. The van der Waals surface area contributed by atoms with Gasteiger partial charge in [-0.25, -0.2) is 4.98 Å². The molecule has 0 aromatic carbocycles. The van der Waals surface area contributed by atoms with Gasteiger partial charge < -0.3 is 15.7 Å². The van der Waals surface area contributed by atoms with Crippen molar-refractivity contribution in [3.05, 3.63) is 23.7 Å². The summed E-state index contributed by atoms with van der Waals surface area (Å²) in [5, 5.41) is 20.2. The molecule has 2 aromatic heterocycles. The van der Waals surface area contributed by atoms with Crippen LogP contribution in [0.4, 0.5) is 30.6 Å². The maximum absolute atomic E-state index is 13.1. The molecular weight excluding hydrogens is 373 g/mol. The summed E-state index contributed by atoms with van der Waals surface area (Å²) in [6.07, 6.45) is -2.11. The van der Waals surface area contributed by atoms with Crippen LogP contribution < -0.4 is 10.6 Å². The Morgan fingerprint density at radius 1 is 1.14 bits per heavy atom. The lowest BCUT2D eigenvalue weighted by molar-refractivity contribution is -0.137. The highest BCUT2D eigenvalue weighted by Gasteiger charge is 2.35. The molecule has 3 N–H and O–H groups in total. The number of nitrogens with zero attached hydrogens (tertiary/aromatic N) is 4. The second kappa shape index (κ2) is 7.57. The molecule has 0 unspecified atom stereocenters. The standard InChI is InChI=1S/C18H27F3N6O/c1-7-22-14-11(18(19,20)21)8-23-15(25-14)24-12-9-27(10-17(5,6)28)26-13(12)16(2,3)4/h8-9,28H,7,10H2,1-6H3,(H2,22,23,24,25). The Kier molecular flexibility index (Phi) is 5.93. The third-order valence-corrected chi connectivity index (χ3v) is 3.71. The molecule has 0 spiro atoms. The Labute approximate surface area is 162 Å². The summed E-state index contributed by atoms with van der Waals surface area (Å²) in [4.78, 5) is 7.81. The molecule has 7 nitrogen and oxygen atoms in total. The van der Waals surface area contributed by atoms with Gasteiger partial charge in [0.05, 0.1) is 23.5 Å². The molecule has 10 heteroatoms. The highest BCUT2D eigenvalue weighted by Crippen LogP contribution is 2.35. The number of nitrogens with one attached hydrogen (secondary N) is 2. The van der Waals surface area contributed by atoms with Crippen molar-refractivity contribution in [3.8, 4) is 0 Å². The number of aliphatic hydroxyl groups is 1. The lowest BCUT2D eigenvalue weighted by atomic mass is 9.91. The van der Waals surface area contributed by atoms with E-state index in [0.29, 0.717) is 11.4 Å². The first-order chi connectivity index (χ1) is 12.7. The van der Waals surface area contributed by atoms with Crippen molar-refractivity contribution in [2.24, 2.45) is 0 Å². The highest BCUT2D eigenvalue weighted by atomic mass is 19.4. The Morgan fingerprint density at radius 2 is 1.79 bits per heavy atom. The molecule has 0 radical (unpaired) electrons. The van der Waals surface area contributed by atoms with Crippen LogP contribution in [0.2, 0.25) is 0 Å². The maximum Gasteiger partial charge on any atom is 0.421 e. The topological polar surface area (TPSA) is 87.9 Å². The van der Waals surface area contributed by atoms with E-state index < -0.39 is 17.3 Å². The normalized spacial score (nSPS) is 12.9. The van der Waals surface area contributed by atoms with E-state index in [1.165, 1.54) is 0 Å². The molecule has 0 atom stereocenters. The SMILES string of the molecule is CCNc1nc(Nc2cn(CC(C)(C)O)nc2C(C)(C)C)ncc1C(F)(F)F. The first-order valence-electron chi connectivity index (χ1n) is 8.96. The van der Waals surface area contributed by atoms with Crippen molar-refractivity contribution in [3.63, 3.8) is 0 Å². The third-order valence-electron chi connectivity index (χ3n) is 3.71. The van der Waals surface area contributed by atoms with Crippen LogP contribution in [0.25, 0.3) is 0 Å². The van der Waals surface area contributed by atoms with Crippen LogP contribution in [0.1, 0.15) is 52.8 Å². The average molecular weight is 400 g/mol. The van der Waals surface area contributed by atoms with Gasteiger partial charge in [-0.15, -0.1) is 0 Å². The summed E-state index contributed by atoms with van der Waals surface area (Å²) < 4.78 is 41.0. The van der Waals surface area contributed by atoms with Crippen molar-refractivity contribution in [2.75, 3.05) is 17.2 Å². The van der Waals surface area contributed by atoms with Gasteiger partial charge >= 0.3 is 6.18 Å². The van der Waals surface area contributed by atoms with E-state index in [1.54, 1.807) is 31.6 Å². The summed E-state index contributed by atoms with van der Waals surface area (Å²) in [6, 6.07) is 0. The molecule has 0 fully saturated rings. The Balaban J connectivity index is 2.42. The van der Waals surface area contributed by atoms with E-state index in [0.717, 1.165) is 6.20 Å². The number of halogens is 3. The molecule has 0 aliphatic heterocycles.